The van der Waals surface area contributed by atoms with Crippen LogP contribution in [-0.2, 0) is 6.42 Å². The lowest BCUT2D eigenvalue weighted by molar-refractivity contribution is 0.0672. The van der Waals surface area contributed by atoms with E-state index in [1.807, 2.05) is 29.2 Å². The molecule has 0 bridgehead atoms. The van der Waals surface area contributed by atoms with E-state index in [0.717, 1.165) is 24.9 Å². The third kappa shape index (κ3) is 2.72. The maximum Gasteiger partial charge on any atom is 0.253 e. The molecule has 98 valence electrons. The molecule has 0 spiro atoms. The van der Waals surface area contributed by atoms with Crippen LogP contribution in [0.3, 0.4) is 0 Å². The van der Waals surface area contributed by atoms with Crippen molar-refractivity contribution >= 4 is 5.91 Å². The predicted molar refractivity (Wildman–Crippen MR) is 73.5 cm³/mol. The standard InChI is InChI=1S/C15H22N2O/c1-3-12-4-6-13(7-5-12)15(18)17-9-8-11(2)14(16)10-17/h4-7,11,14H,3,8-10,16H2,1-2H3. The fourth-order valence-corrected chi connectivity index (χ4v) is 2.35. The maximum atomic E-state index is 12.3. The first kappa shape index (κ1) is 13.1. The quantitative estimate of drug-likeness (QED) is 0.868. The van der Waals surface area contributed by atoms with Crippen molar-refractivity contribution in [2.75, 3.05) is 13.1 Å². The van der Waals surface area contributed by atoms with Crippen LogP contribution in [0.5, 0.6) is 0 Å². The number of hydrogen-bond donors (Lipinski definition) is 1. The molecule has 3 heteroatoms. The Labute approximate surface area is 109 Å². The van der Waals surface area contributed by atoms with Gasteiger partial charge in [-0.2, -0.15) is 0 Å². The molecule has 0 aromatic heterocycles. The lowest BCUT2D eigenvalue weighted by Crippen LogP contribution is -2.49. The van der Waals surface area contributed by atoms with E-state index < -0.39 is 0 Å². The number of rotatable bonds is 2. The van der Waals surface area contributed by atoms with Gasteiger partial charge in [-0.15, -0.1) is 0 Å². The van der Waals surface area contributed by atoms with Crippen molar-refractivity contribution in [1.82, 2.24) is 4.90 Å². The topological polar surface area (TPSA) is 46.3 Å². The number of carbonyl (C=O) groups excluding carboxylic acids is 1. The molecule has 1 amide bonds. The highest BCUT2D eigenvalue weighted by Gasteiger charge is 2.26. The SMILES string of the molecule is CCc1ccc(C(=O)N2CCC(C)C(N)C2)cc1. The zero-order valence-electron chi connectivity index (χ0n) is 11.2. The summed E-state index contributed by atoms with van der Waals surface area (Å²) in [5.74, 6) is 0.622. The molecule has 2 N–H and O–H groups in total. The Morgan fingerprint density at radius 3 is 2.61 bits per heavy atom. The predicted octanol–water partition coefficient (Wildman–Crippen LogP) is 2.06. The van der Waals surface area contributed by atoms with Crippen molar-refractivity contribution in [3.8, 4) is 0 Å². The summed E-state index contributed by atoms with van der Waals surface area (Å²) in [5.41, 5.74) is 8.07. The first-order valence-electron chi connectivity index (χ1n) is 6.75. The number of aryl methyl sites for hydroxylation is 1. The molecule has 2 atom stereocenters. The molecule has 1 saturated heterocycles. The van der Waals surface area contributed by atoms with Gasteiger partial charge in [-0.3, -0.25) is 4.79 Å². The molecule has 1 aliphatic heterocycles. The first-order valence-corrected chi connectivity index (χ1v) is 6.75. The van der Waals surface area contributed by atoms with E-state index in [2.05, 4.69) is 13.8 Å². The molecule has 1 heterocycles. The van der Waals surface area contributed by atoms with Gasteiger partial charge in [0.15, 0.2) is 0 Å². The molecule has 0 saturated carbocycles. The van der Waals surface area contributed by atoms with Crippen molar-refractivity contribution in [3.63, 3.8) is 0 Å². The van der Waals surface area contributed by atoms with Crippen LogP contribution in [-0.4, -0.2) is 29.9 Å². The third-order valence-corrected chi connectivity index (χ3v) is 3.91. The van der Waals surface area contributed by atoms with E-state index in [4.69, 9.17) is 5.73 Å². The van der Waals surface area contributed by atoms with Gasteiger partial charge in [0.2, 0.25) is 0 Å². The third-order valence-electron chi connectivity index (χ3n) is 3.91. The fraction of sp³-hybridized carbons (Fsp3) is 0.533. The summed E-state index contributed by atoms with van der Waals surface area (Å²) in [6, 6.07) is 8.01. The van der Waals surface area contributed by atoms with Gasteiger partial charge in [0.25, 0.3) is 5.91 Å². The molecule has 1 fully saturated rings. The average molecular weight is 246 g/mol. The van der Waals surface area contributed by atoms with Crippen LogP contribution in [0, 0.1) is 5.92 Å². The lowest BCUT2D eigenvalue weighted by Gasteiger charge is -2.35. The van der Waals surface area contributed by atoms with E-state index in [9.17, 15) is 4.79 Å². The van der Waals surface area contributed by atoms with E-state index in [0.29, 0.717) is 12.5 Å². The number of piperidine rings is 1. The van der Waals surface area contributed by atoms with Crippen LogP contribution in [0.4, 0.5) is 0 Å². The van der Waals surface area contributed by atoms with Crippen LogP contribution in [0.15, 0.2) is 24.3 Å². The maximum absolute atomic E-state index is 12.3. The van der Waals surface area contributed by atoms with Crippen molar-refractivity contribution in [3.05, 3.63) is 35.4 Å². The minimum Gasteiger partial charge on any atom is -0.337 e. The van der Waals surface area contributed by atoms with Crippen LogP contribution in [0.1, 0.15) is 36.2 Å². The molecule has 18 heavy (non-hydrogen) atoms. The molecule has 0 aliphatic carbocycles. The first-order chi connectivity index (χ1) is 8.61. The Bertz CT molecular complexity index is 413. The van der Waals surface area contributed by atoms with E-state index >= 15 is 0 Å². The molecule has 2 unspecified atom stereocenters. The largest absolute Gasteiger partial charge is 0.337 e. The highest BCUT2D eigenvalue weighted by Crippen LogP contribution is 2.18. The Morgan fingerprint density at radius 1 is 1.39 bits per heavy atom. The van der Waals surface area contributed by atoms with Gasteiger partial charge in [0.1, 0.15) is 0 Å². The Balaban J connectivity index is 2.06. The summed E-state index contributed by atoms with van der Waals surface area (Å²) >= 11 is 0. The molecular formula is C15H22N2O. The summed E-state index contributed by atoms with van der Waals surface area (Å²) in [6.45, 7) is 5.77. The second-order valence-corrected chi connectivity index (χ2v) is 5.23. The molecule has 1 aromatic rings. The number of nitrogens with two attached hydrogens (primary N) is 1. The van der Waals surface area contributed by atoms with Crippen molar-refractivity contribution in [1.29, 1.82) is 0 Å². The summed E-state index contributed by atoms with van der Waals surface area (Å²) < 4.78 is 0. The minimum atomic E-state index is 0.109. The number of benzene rings is 1. The summed E-state index contributed by atoms with van der Waals surface area (Å²) in [7, 11) is 0. The molecule has 0 radical (unpaired) electrons. The van der Waals surface area contributed by atoms with Crippen LogP contribution >= 0.6 is 0 Å². The molecule has 3 nitrogen and oxygen atoms in total. The van der Waals surface area contributed by atoms with Crippen molar-refractivity contribution < 1.29 is 4.79 Å². The zero-order valence-corrected chi connectivity index (χ0v) is 11.2. The van der Waals surface area contributed by atoms with Gasteiger partial charge in [0.05, 0.1) is 0 Å². The number of likely N-dealkylation sites (tertiary alicyclic amines) is 1. The van der Waals surface area contributed by atoms with Gasteiger partial charge in [-0.1, -0.05) is 26.0 Å². The summed E-state index contributed by atoms with van der Waals surface area (Å²) in [5, 5.41) is 0. The Kier molecular flexibility index (Phi) is 4.02. The van der Waals surface area contributed by atoms with Crippen molar-refractivity contribution in [2.45, 2.75) is 32.7 Å². The fourth-order valence-electron chi connectivity index (χ4n) is 2.35. The van der Waals surface area contributed by atoms with E-state index in [1.54, 1.807) is 0 Å². The lowest BCUT2D eigenvalue weighted by atomic mass is 9.94. The second kappa shape index (κ2) is 5.53. The van der Waals surface area contributed by atoms with Gasteiger partial charge >= 0.3 is 0 Å². The molecule has 1 aromatic carbocycles. The van der Waals surface area contributed by atoms with Crippen LogP contribution in [0.25, 0.3) is 0 Å². The average Bonchev–Trinajstić information content (AvgIpc) is 2.41. The molecule has 2 rings (SSSR count). The van der Waals surface area contributed by atoms with Gasteiger partial charge in [-0.25, -0.2) is 0 Å². The highest BCUT2D eigenvalue weighted by molar-refractivity contribution is 5.94. The molecule has 1 aliphatic rings. The minimum absolute atomic E-state index is 0.109. The number of carbonyl (C=O) groups is 1. The number of nitrogens with zero attached hydrogens (tertiary/aromatic N) is 1. The smallest absolute Gasteiger partial charge is 0.253 e. The van der Waals surface area contributed by atoms with Crippen molar-refractivity contribution in [2.24, 2.45) is 11.7 Å². The normalized spacial score (nSPS) is 24.1. The number of hydrogen-bond acceptors (Lipinski definition) is 2. The second-order valence-electron chi connectivity index (χ2n) is 5.23. The number of amides is 1. The summed E-state index contributed by atoms with van der Waals surface area (Å²) in [4.78, 5) is 14.2. The Morgan fingerprint density at radius 2 is 2.06 bits per heavy atom. The van der Waals surface area contributed by atoms with Gasteiger partial charge in [0, 0.05) is 24.7 Å². The van der Waals surface area contributed by atoms with Gasteiger partial charge in [-0.05, 0) is 36.5 Å². The molecular weight excluding hydrogens is 224 g/mol. The van der Waals surface area contributed by atoms with Crippen LogP contribution in [0.2, 0.25) is 0 Å². The summed E-state index contributed by atoms with van der Waals surface area (Å²) in [6.07, 6.45) is 2.00. The van der Waals surface area contributed by atoms with Gasteiger partial charge < -0.3 is 10.6 Å². The monoisotopic (exact) mass is 246 g/mol. The van der Waals surface area contributed by atoms with E-state index in [1.165, 1.54) is 5.56 Å². The van der Waals surface area contributed by atoms with Crippen LogP contribution < -0.4 is 5.73 Å². The highest BCUT2D eigenvalue weighted by atomic mass is 16.2. The van der Waals surface area contributed by atoms with E-state index in [-0.39, 0.29) is 11.9 Å². The zero-order chi connectivity index (χ0) is 13.1. The Hall–Kier alpha value is -1.35.